The molecule has 1 aliphatic heterocycles. The summed E-state index contributed by atoms with van der Waals surface area (Å²) in [6, 6.07) is 13.8. The topological polar surface area (TPSA) is 46.4 Å². The van der Waals surface area contributed by atoms with Crippen LogP contribution in [-0.2, 0) is 6.54 Å². The Bertz CT molecular complexity index is 634. The van der Waals surface area contributed by atoms with Crippen LogP contribution in [0.2, 0.25) is 0 Å². The van der Waals surface area contributed by atoms with E-state index in [4.69, 9.17) is 0 Å². The molecule has 5 heteroatoms. The second-order valence-electron chi connectivity index (χ2n) is 4.50. The zero-order valence-electron chi connectivity index (χ0n) is 11.0. The lowest BCUT2D eigenvalue weighted by molar-refractivity contribution is 0.0969. The summed E-state index contributed by atoms with van der Waals surface area (Å²) in [5.41, 5.74) is 1.83. The molecule has 0 unspecified atom stereocenters. The molecule has 102 valence electrons. The second-order valence-corrected chi connectivity index (χ2v) is 5.58. The SMILES string of the molecule is O=C(NC1=NCCS1)c1cccn1Cc1ccccc1. The van der Waals surface area contributed by atoms with Crippen molar-refractivity contribution in [3.8, 4) is 0 Å². The van der Waals surface area contributed by atoms with Gasteiger partial charge in [-0.2, -0.15) is 0 Å². The van der Waals surface area contributed by atoms with Crippen molar-refractivity contribution >= 4 is 22.8 Å². The van der Waals surface area contributed by atoms with Crippen molar-refractivity contribution in [2.24, 2.45) is 4.99 Å². The van der Waals surface area contributed by atoms with E-state index in [1.54, 1.807) is 11.8 Å². The van der Waals surface area contributed by atoms with Crippen LogP contribution in [-0.4, -0.2) is 27.9 Å². The van der Waals surface area contributed by atoms with Gasteiger partial charge in [-0.3, -0.25) is 9.79 Å². The third-order valence-corrected chi connectivity index (χ3v) is 3.96. The standard InChI is InChI=1S/C15H15N3OS/c19-14(17-15-16-8-10-20-15)13-7-4-9-18(13)11-12-5-2-1-3-6-12/h1-7,9H,8,10-11H2,(H,16,17,19). The average Bonchev–Trinajstić information content (AvgIpc) is 3.11. The van der Waals surface area contributed by atoms with Gasteiger partial charge in [0.1, 0.15) is 5.69 Å². The van der Waals surface area contributed by atoms with Crippen LogP contribution in [0, 0.1) is 0 Å². The van der Waals surface area contributed by atoms with Crippen LogP contribution < -0.4 is 5.32 Å². The maximum atomic E-state index is 12.2. The number of hydrogen-bond donors (Lipinski definition) is 1. The highest BCUT2D eigenvalue weighted by molar-refractivity contribution is 8.14. The third kappa shape index (κ3) is 2.93. The molecule has 0 fully saturated rings. The quantitative estimate of drug-likeness (QED) is 0.941. The van der Waals surface area contributed by atoms with E-state index in [2.05, 4.69) is 22.4 Å². The molecule has 20 heavy (non-hydrogen) atoms. The van der Waals surface area contributed by atoms with Gasteiger partial charge in [-0.15, -0.1) is 0 Å². The lowest BCUT2D eigenvalue weighted by atomic mass is 10.2. The molecule has 0 atom stereocenters. The number of nitrogens with one attached hydrogen (secondary N) is 1. The minimum Gasteiger partial charge on any atom is -0.339 e. The van der Waals surface area contributed by atoms with Gasteiger partial charge in [0, 0.05) is 18.5 Å². The van der Waals surface area contributed by atoms with Crippen LogP contribution in [0.25, 0.3) is 0 Å². The van der Waals surface area contributed by atoms with Gasteiger partial charge in [0.2, 0.25) is 0 Å². The highest BCUT2D eigenvalue weighted by Crippen LogP contribution is 2.11. The van der Waals surface area contributed by atoms with Crippen LogP contribution >= 0.6 is 11.8 Å². The number of rotatable bonds is 3. The molecule has 2 aromatic rings. The number of aromatic nitrogens is 1. The van der Waals surface area contributed by atoms with Crippen molar-refractivity contribution in [2.45, 2.75) is 6.54 Å². The molecule has 3 rings (SSSR count). The zero-order valence-corrected chi connectivity index (χ0v) is 11.8. The maximum absolute atomic E-state index is 12.2. The van der Waals surface area contributed by atoms with Crippen LogP contribution in [0.4, 0.5) is 0 Å². The van der Waals surface area contributed by atoms with Crippen molar-refractivity contribution in [3.63, 3.8) is 0 Å². The molecule has 1 aromatic heterocycles. The van der Waals surface area contributed by atoms with E-state index < -0.39 is 0 Å². The Morgan fingerprint density at radius 1 is 1.25 bits per heavy atom. The number of hydrogen-bond acceptors (Lipinski definition) is 3. The molecule has 0 saturated heterocycles. The number of nitrogens with zero attached hydrogens (tertiary/aromatic N) is 2. The highest BCUT2D eigenvalue weighted by atomic mass is 32.2. The normalized spacial score (nSPS) is 14.1. The monoisotopic (exact) mass is 285 g/mol. The Balaban J connectivity index is 1.74. The van der Waals surface area contributed by atoms with Gasteiger partial charge < -0.3 is 9.88 Å². The molecule has 1 aliphatic rings. The van der Waals surface area contributed by atoms with Crippen LogP contribution in [0.3, 0.4) is 0 Å². The Hall–Kier alpha value is -2.01. The number of aliphatic imine (C=N–C) groups is 1. The Labute approximate surface area is 121 Å². The first-order valence-electron chi connectivity index (χ1n) is 6.50. The van der Waals surface area contributed by atoms with Gasteiger partial charge in [0.15, 0.2) is 5.17 Å². The molecular formula is C15H15N3OS. The van der Waals surface area contributed by atoms with Gasteiger partial charge in [-0.25, -0.2) is 0 Å². The fourth-order valence-corrected chi connectivity index (χ4v) is 2.83. The first-order valence-corrected chi connectivity index (χ1v) is 7.49. The van der Waals surface area contributed by atoms with E-state index in [1.807, 2.05) is 41.1 Å². The van der Waals surface area contributed by atoms with Gasteiger partial charge in [-0.05, 0) is 17.7 Å². The Morgan fingerprint density at radius 3 is 2.85 bits per heavy atom. The summed E-state index contributed by atoms with van der Waals surface area (Å²) in [6.45, 7) is 1.47. The lowest BCUT2D eigenvalue weighted by Gasteiger charge is -2.09. The molecule has 0 aliphatic carbocycles. The number of amides is 1. The van der Waals surface area contributed by atoms with Gasteiger partial charge in [0.05, 0.1) is 6.54 Å². The molecular weight excluding hydrogens is 270 g/mol. The molecule has 0 bridgehead atoms. The van der Waals surface area contributed by atoms with E-state index >= 15 is 0 Å². The van der Waals surface area contributed by atoms with Crippen LogP contribution in [0.15, 0.2) is 53.7 Å². The predicted octanol–water partition coefficient (Wildman–Crippen LogP) is 2.37. The molecule has 1 N–H and O–H groups in total. The number of thioether (sulfide) groups is 1. The number of benzene rings is 1. The minimum atomic E-state index is -0.0981. The maximum Gasteiger partial charge on any atom is 0.273 e. The van der Waals surface area contributed by atoms with E-state index in [1.165, 1.54) is 5.56 Å². The van der Waals surface area contributed by atoms with Crippen molar-refractivity contribution in [2.75, 3.05) is 12.3 Å². The fraction of sp³-hybridized carbons (Fsp3) is 0.200. The van der Waals surface area contributed by atoms with Crippen molar-refractivity contribution in [3.05, 3.63) is 59.9 Å². The molecule has 4 nitrogen and oxygen atoms in total. The summed E-state index contributed by atoms with van der Waals surface area (Å²) >= 11 is 1.59. The number of amidine groups is 1. The van der Waals surface area contributed by atoms with Gasteiger partial charge >= 0.3 is 0 Å². The summed E-state index contributed by atoms with van der Waals surface area (Å²) < 4.78 is 1.95. The Morgan fingerprint density at radius 2 is 2.10 bits per heavy atom. The second kappa shape index (κ2) is 5.96. The zero-order chi connectivity index (χ0) is 13.8. The van der Waals surface area contributed by atoms with Crippen molar-refractivity contribution in [1.29, 1.82) is 0 Å². The fourth-order valence-electron chi connectivity index (χ4n) is 2.11. The molecule has 0 radical (unpaired) electrons. The molecule has 2 heterocycles. The minimum absolute atomic E-state index is 0.0981. The molecule has 0 spiro atoms. The summed E-state index contributed by atoms with van der Waals surface area (Å²) in [4.78, 5) is 16.5. The average molecular weight is 285 g/mol. The van der Waals surface area contributed by atoms with Gasteiger partial charge in [-0.1, -0.05) is 42.1 Å². The van der Waals surface area contributed by atoms with Crippen LogP contribution in [0.1, 0.15) is 16.1 Å². The van der Waals surface area contributed by atoms with Gasteiger partial charge in [0.25, 0.3) is 5.91 Å². The first kappa shape index (κ1) is 13.0. The summed E-state index contributed by atoms with van der Waals surface area (Å²) in [6.07, 6.45) is 1.92. The van der Waals surface area contributed by atoms with Crippen molar-refractivity contribution in [1.82, 2.24) is 9.88 Å². The molecule has 1 aromatic carbocycles. The summed E-state index contributed by atoms with van der Waals surface area (Å²) in [5.74, 6) is 0.847. The number of carbonyl (C=O) groups excluding carboxylic acids is 1. The number of carbonyl (C=O) groups is 1. The summed E-state index contributed by atoms with van der Waals surface area (Å²) in [5, 5.41) is 3.59. The first-order chi connectivity index (χ1) is 9.83. The largest absolute Gasteiger partial charge is 0.339 e. The molecule has 0 saturated carbocycles. The van der Waals surface area contributed by atoms with E-state index in [-0.39, 0.29) is 5.91 Å². The van der Waals surface area contributed by atoms with Crippen molar-refractivity contribution < 1.29 is 4.79 Å². The lowest BCUT2D eigenvalue weighted by Crippen LogP contribution is -2.29. The van der Waals surface area contributed by atoms with Crippen LogP contribution in [0.5, 0.6) is 0 Å². The predicted molar refractivity (Wildman–Crippen MR) is 82.2 cm³/mol. The smallest absolute Gasteiger partial charge is 0.273 e. The summed E-state index contributed by atoms with van der Waals surface area (Å²) in [7, 11) is 0. The highest BCUT2D eigenvalue weighted by Gasteiger charge is 2.15. The molecule has 1 amide bonds. The Kier molecular flexibility index (Phi) is 3.87. The van der Waals surface area contributed by atoms with E-state index in [0.29, 0.717) is 12.2 Å². The van der Waals surface area contributed by atoms with E-state index in [0.717, 1.165) is 17.5 Å². The van der Waals surface area contributed by atoms with E-state index in [9.17, 15) is 4.79 Å². The third-order valence-electron chi connectivity index (χ3n) is 3.06.